The maximum atomic E-state index is 13.5. The summed E-state index contributed by atoms with van der Waals surface area (Å²) >= 11 is 0. The van der Waals surface area contributed by atoms with Crippen molar-refractivity contribution in [3.05, 3.63) is 53.3 Å². The number of anilines is 3. The Morgan fingerprint density at radius 1 is 1.29 bits per heavy atom. The van der Waals surface area contributed by atoms with E-state index in [1.54, 1.807) is 44.2 Å². The standard InChI is InChI=1S/C16H17FN2O2/c1-3-21-16(20)11-5-7-14(18)15(8-11)19-12-6-4-10(2)13(17)9-12/h4-9,19H,3,18H2,1-2H3. The van der Waals surface area contributed by atoms with Gasteiger partial charge in [-0.1, -0.05) is 6.07 Å². The summed E-state index contributed by atoms with van der Waals surface area (Å²) in [6, 6.07) is 9.59. The van der Waals surface area contributed by atoms with E-state index in [-0.39, 0.29) is 5.82 Å². The number of nitrogens with two attached hydrogens (primary N) is 1. The van der Waals surface area contributed by atoms with Crippen LogP contribution >= 0.6 is 0 Å². The van der Waals surface area contributed by atoms with E-state index in [1.807, 2.05) is 0 Å². The molecule has 0 fully saturated rings. The van der Waals surface area contributed by atoms with E-state index >= 15 is 0 Å². The van der Waals surface area contributed by atoms with Gasteiger partial charge in [0.15, 0.2) is 0 Å². The molecule has 0 aliphatic rings. The predicted molar refractivity (Wildman–Crippen MR) is 81.2 cm³/mol. The minimum absolute atomic E-state index is 0.301. The number of carbonyl (C=O) groups is 1. The lowest BCUT2D eigenvalue weighted by molar-refractivity contribution is 0.0526. The number of hydrogen-bond acceptors (Lipinski definition) is 4. The summed E-state index contributed by atoms with van der Waals surface area (Å²) in [5.41, 5.74) is 8.38. The second kappa shape index (κ2) is 6.26. The second-order valence-corrected chi connectivity index (χ2v) is 4.61. The first-order valence-corrected chi connectivity index (χ1v) is 6.61. The highest BCUT2D eigenvalue weighted by molar-refractivity contribution is 5.92. The Labute approximate surface area is 122 Å². The van der Waals surface area contributed by atoms with Crippen LogP contribution < -0.4 is 11.1 Å². The third kappa shape index (κ3) is 3.51. The van der Waals surface area contributed by atoms with Crippen LogP contribution in [0, 0.1) is 12.7 Å². The fraction of sp³-hybridized carbons (Fsp3) is 0.188. The zero-order valence-electron chi connectivity index (χ0n) is 11.9. The number of ether oxygens (including phenoxy) is 1. The van der Waals surface area contributed by atoms with E-state index in [4.69, 9.17) is 10.5 Å². The lowest BCUT2D eigenvalue weighted by Crippen LogP contribution is -2.06. The number of rotatable bonds is 4. The Morgan fingerprint density at radius 3 is 2.71 bits per heavy atom. The molecule has 0 aliphatic heterocycles. The zero-order valence-corrected chi connectivity index (χ0v) is 11.9. The van der Waals surface area contributed by atoms with Crippen molar-refractivity contribution in [2.75, 3.05) is 17.7 Å². The van der Waals surface area contributed by atoms with Gasteiger partial charge in [0.2, 0.25) is 0 Å². The van der Waals surface area contributed by atoms with Crippen LogP contribution in [-0.2, 0) is 4.74 Å². The van der Waals surface area contributed by atoms with E-state index in [0.29, 0.717) is 34.8 Å². The van der Waals surface area contributed by atoms with E-state index in [0.717, 1.165) is 0 Å². The number of hydrogen-bond donors (Lipinski definition) is 2. The average molecular weight is 288 g/mol. The highest BCUT2D eigenvalue weighted by Crippen LogP contribution is 2.25. The molecule has 0 bridgehead atoms. The van der Waals surface area contributed by atoms with Gasteiger partial charge in [0, 0.05) is 5.69 Å². The van der Waals surface area contributed by atoms with Gasteiger partial charge in [0.1, 0.15) is 5.82 Å². The fourth-order valence-corrected chi connectivity index (χ4v) is 1.83. The summed E-state index contributed by atoms with van der Waals surface area (Å²) in [5, 5.41) is 3.00. The summed E-state index contributed by atoms with van der Waals surface area (Å²) in [7, 11) is 0. The Balaban J connectivity index is 2.28. The van der Waals surface area contributed by atoms with Gasteiger partial charge in [-0.25, -0.2) is 9.18 Å². The number of carbonyl (C=O) groups excluding carboxylic acids is 1. The molecule has 0 atom stereocenters. The maximum Gasteiger partial charge on any atom is 0.338 e. The second-order valence-electron chi connectivity index (χ2n) is 4.61. The summed E-state index contributed by atoms with van der Waals surface area (Å²) in [6.45, 7) is 3.73. The van der Waals surface area contributed by atoms with Crippen LogP contribution in [0.25, 0.3) is 0 Å². The van der Waals surface area contributed by atoms with E-state index in [1.165, 1.54) is 6.07 Å². The molecule has 0 aromatic heterocycles. The Morgan fingerprint density at radius 2 is 2.05 bits per heavy atom. The predicted octanol–water partition coefficient (Wildman–Crippen LogP) is 3.64. The number of benzene rings is 2. The number of nitrogen functional groups attached to an aromatic ring is 1. The van der Waals surface area contributed by atoms with Gasteiger partial charge < -0.3 is 15.8 Å². The average Bonchev–Trinajstić information content (AvgIpc) is 2.45. The van der Waals surface area contributed by atoms with E-state index < -0.39 is 5.97 Å². The van der Waals surface area contributed by atoms with Crippen LogP contribution in [0.4, 0.5) is 21.5 Å². The van der Waals surface area contributed by atoms with Crippen molar-refractivity contribution in [2.24, 2.45) is 0 Å². The first-order valence-electron chi connectivity index (χ1n) is 6.61. The fourth-order valence-electron chi connectivity index (χ4n) is 1.83. The van der Waals surface area contributed by atoms with Crippen LogP contribution in [0.3, 0.4) is 0 Å². The molecular weight excluding hydrogens is 271 g/mol. The van der Waals surface area contributed by atoms with Gasteiger partial charge in [-0.05, 0) is 49.7 Å². The maximum absolute atomic E-state index is 13.5. The third-order valence-corrected chi connectivity index (χ3v) is 3.02. The third-order valence-electron chi connectivity index (χ3n) is 3.02. The SMILES string of the molecule is CCOC(=O)c1ccc(N)c(Nc2ccc(C)c(F)c2)c1. The van der Waals surface area contributed by atoms with E-state index in [9.17, 15) is 9.18 Å². The topological polar surface area (TPSA) is 64.3 Å². The van der Waals surface area contributed by atoms with E-state index in [2.05, 4.69) is 5.32 Å². The van der Waals surface area contributed by atoms with Crippen molar-refractivity contribution >= 4 is 23.0 Å². The highest BCUT2D eigenvalue weighted by atomic mass is 19.1. The molecule has 0 radical (unpaired) electrons. The molecule has 0 saturated heterocycles. The summed E-state index contributed by atoms with van der Waals surface area (Å²) in [6.07, 6.45) is 0. The van der Waals surface area contributed by atoms with Crippen molar-refractivity contribution in [2.45, 2.75) is 13.8 Å². The monoisotopic (exact) mass is 288 g/mol. The van der Waals surface area contributed by atoms with Crippen molar-refractivity contribution in [1.29, 1.82) is 0 Å². The molecule has 110 valence electrons. The minimum Gasteiger partial charge on any atom is -0.462 e. The van der Waals surface area contributed by atoms with Crippen LogP contribution in [0.2, 0.25) is 0 Å². The van der Waals surface area contributed by atoms with Crippen molar-refractivity contribution in [1.82, 2.24) is 0 Å². The number of halogens is 1. The minimum atomic E-state index is -0.421. The van der Waals surface area contributed by atoms with Gasteiger partial charge in [-0.15, -0.1) is 0 Å². The Hall–Kier alpha value is -2.56. The van der Waals surface area contributed by atoms with Gasteiger partial charge in [0.05, 0.1) is 23.5 Å². The summed E-state index contributed by atoms with van der Waals surface area (Å²) < 4.78 is 18.5. The molecule has 0 heterocycles. The number of esters is 1. The molecule has 2 aromatic carbocycles. The highest BCUT2D eigenvalue weighted by Gasteiger charge is 2.10. The van der Waals surface area contributed by atoms with Crippen molar-refractivity contribution < 1.29 is 13.9 Å². The number of aryl methyl sites for hydroxylation is 1. The molecular formula is C16H17FN2O2. The first kappa shape index (κ1) is 14.8. The molecule has 0 aliphatic carbocycles. The van der Waals surface area contributed by atoms with Crippen LogP contribution in [-0.4, -0.2) is 12.6 Å². The molecule has 2 rings (SSSR count). The summed E-state index contributed by atoms with van der Waals surface area (Å²) in [4.78, 5) is 11.7. The van der Waals surface area contributed by atoms with Gasteiger partial charge in [-0.3, -0.25) is 0 Å². The van der Waals surface area contributed by atoms with Crippen LogP contribution in [0.15, 0.2) is 36.4 Å². The Kier molecular flexibility index (Phi) is 4.42. The molecule has 2 aromatic rings. The smallest absolute Gasteiger partial charge is 0.338 e. The van der Waals surface area contributed by atoms with Gasteiger partial charge in [0.25, 0.3) is 0 Å². The van der Waals surface area contributed by atoms with Gasteiger partial charge >= 0.3 is 5.97 Å². The normalized spacial score (nSPS) is 10.2. The summed E-state index contributed by atoms with van der Waals surface area (Å²) in [5.74, 6) is -0.726. The molecule has 3 N–H and O–H groups in total. The molecule has 0 unspecified atom stereocenters. The van der Waals surface area contributed by atoms with Crippen molar-refractivity contribution in [3.63, 3.8) is 0 Å². The van der Waals surface area contributed by atoms with Gasteiger partial charge in [-0.2, -0.15) is 0 Å². The largest absolute Gasteiger partial charge is 0.462 e. The zero-order chi connectivity index (χ0) is 15.4. The lowest BCUT2D eigenvalue weighted by atomic mass is 10.1. The lowest BCUT2D eigenvalue weighted by Gasteiger charge is -2.11. The van der Waals surface area contributed by atoms with Crippen LogP contribution in [0.1, 0.15) is 22.8 Å². The van der Waals surface area contributed by atoms with Crippen LogP contribution in [0.5, 0.6) is 0 Å². The first-order chi connectivity index (χ1) is 10.0. The molecule has 4 nitrogen and oxygen atoms in total. The molecule has 0 amide bonds. The molecule has 0 spiro atoms. The molecule has 5 heteroatoms. The quantitative estimate of drug-likeness (QED) is 0.666. The number of nitrogens with one attached hydrogen (secondary N) is 1. The molecule has 0 saturated carbocycles. The Bertz CT molecular complexity index is 671. The van der Waals surface area contributed by atoms with Crippen molar-refractivity contribution in [3.8, 4) is 0 Å². The molecule has 21 heavy (non-hydrogen) atoms.